The number of likely N-dealkylation sites (N-methyl/N-ethyl adjacent to an activating group) is 1. The van der Waals surface area contributed by atoms with Crippen LogP contribution >= 0.6 is 0 Å². The molecule has 1 N–H and O–H groups in total. The molecule has 2 unspecified atom stereocenters. The summed E-state index contributed by atoms with van der Waals surface area (Å²) in [6.45, 7) is 21.8. The largest absolute Gasteiger partial charge is 0.351 e. The number of rotatable bonds is 4. The van der Waals surface area contributed by atoms with Crippen LogP contribution in [0.5, 0.6) is 0 Å². The number of amides is 1. The molecule has 220 valence electrons. The predicted molar refractivity (Wildman–Crippen MR) is 160 cm³/mol. The average Bonchev–Trinajstić information content (AvgIpc) is 3.11. The molecular formula is C35H58N2O2. The Morgan fingerprint density at radius 3 is 2.13 bits per heavy atom. The van der Waals surface area contributed by atoms with Crippen molar-refractivity contribution in [2.24, 2.45) is 50.7 Å². The maximum atomic E-state index is 13.3. The van der Waals surface area contributed by atoms with Gasteiger partial charge in [0.25, 0.3) is 0 Å². The molecule has 39 heavy (non-hydrogen) atoms. The fourth-order valence-electron chi connectivity index (χ4n) is 11.7. The Morgan fingerprint density at radius 2 is 1.51 bits per heavy atom. The number of nitrogens with one attached hydrogen (secondary N) is 1. The van der Waals surface area contributed by atoms with E-state index < -0.39 is 0 Å². The van der Waals surface area contributed by atoms with E-state index in [1.807, 2.05) is 25.9 Å². The van der Waals surface area contributed by atoms with Crippen molar-refractivity contribution in [1.29, 1.82) is 0 Å². The standard InChI is InChI=1S/C35H58N2O2/c1-21(2)28-24(38)20-32(6)18-19-34(8)23(29(28)32)12-13-26-33(7)16-15-27(36-30(39)22(3)37(10)11)31(4,5)25(33)14-17-35(26,34)9/h21-23,25-27H,12-20H2,1-11H3,(H,36,39)/t22?,23-,25+,26-,27?,32+,33+,34-,35-/m1/s1. The Bertz CT molecular complexity index is 1070. The quantitative estimate of drug-likeness (QED) is 0.405. The first-order chi connectivity index (χ1) is 17.9. The highest BCUT2D eigenvalue weighted by atomic mass is 16.2. The molecule has 1 amide bonds. The summed E-state index contributed by atoms with van der Waals surface area (Å²) in [5, 5.41) is 3.51. The molecule has 0 aromatic carbocycles. The van der Waals surface area contributed by atoms with Crippen molar-refractivity contribution in [3.8, 4) is 0 Å². The molecule has 0 saturated heterocycles. The first kappa shape index (κ1) is 29.3. The molecule has 0 radical (unpaired) electrons. The normalized spacial score (nSPS) is 45.9. The highest BCUT2D eigenvalue weighted by Crippen LogP contribution is 2.76. The van der Waals surface area contributed by atoms with Crippen LogP contribution in [0.4, 0.5) is 0 Å². The van der Waals surface area contributed by atoms with Crippen LogP contribution in [0, 0.1) is 50.7 Å². The van der Waals surface area contributed by atoms with E-state index in [0.717, 1.165) is 12.8 Å². The highest BCUT2D eigenvalue weighted by molar-refractivity contribution is 6.00. The van der Waals surface area contributed by atoms with Gasteiger partial charge >= 0.3 is 0 Å². The molecule has 0 spiro atoms. The first-order valence-electron chi connectivity index (χ1n) is 16.2. The molecular weight excluding hydrogens is 480 g/mol. The van der Waals surface area contributed by atoms with E-state index in [2.05, 4.69) is 60.7 Å². The predicted octanol–water partition coefficient (Wildman–Crippen LogP) is 7.42. The molecule has 5 aliphatic carbocycles. The van der Waals surface area contributed by atoms with Crippen molar-refractivity contribution in [3.63, 3.8) is 0 Å². The molecule has 4 nitrogen and oxygen atoms in total. The van der Waals surface area contributed by atoms with Gasteiger partial charge in [-0.25, -0.2) is 0 Å². The number of carbonyl (C=O) groups is 2. The van der Waals surface area contributed by atoms with Gasteiger partial charge in [-0.05, 0) is 129 Å². The average molecular weight is 539 g/mol. The summed E-state index contributed by atoms with van der Waals surface area (Å²) < 4.78 is 0. The lowest BCUT2D eigenvalue weighted by atomic mass is 9.33. The zero-order valence-electron chi connectivity index (χ0n) is 27.1. The second-order valence-electron chi connectivity index (χ2n) is 16.8. The van der Waals surface area contributed by atoms with E-state index in [-0.39, 0.29) is 39.7 Å². The maximum absolute atomic E-state index is 13.3. The Balaban J connectivity index is 1.47. The van der Waals surface area contributed by atoms with Gasteiger partial charge in [-0.1, -0.05) is 61.0 Å². The molecule has 5 rings (SSSR count). The lowest BCUT2D eigenvalue weighted by molar-refractivity contribution is -0.216. The fraction of sp³-hybridized carbons (Fsp3) is 0.886. The van der Waals surface area contributed by atoms with Crippen molar-refractivity contribution in [3.05, 3.63) is 11.1 Å². The molecule has 0 bridgehead atoms. The minimum atomic E-state index is -0.108. The van der Waals surface area contributed by atoms with Crippen molar-refractivity contribution in [2.45, 2.75) is 132 Å². The van der Waals surface area contributed by atoms with Crippen molar-refractivity contribution in [2.75, 3.05) is 14.1 Å². The number of fused-ring (bicyclic) bond motifs is 7. The summed E-state index contributed by atoms with van der Waals surface area (Å²) in [6.07, 6.45) is 10.5. The molecule has 0 aliphatic heterocycles. The Labute approximate surface area is 239 Å². The van der Waals surface area contributed by atoms with Crippen molar-refractivity contribution < 1.29 is 9.59 Å². The van der Waals surface area contributed by atoms with Gasteiger partial charge in [0, 0.05) is 12.5 Å². The van der Waals surface area contributed by atoms with Gasteiger partial charge < -0.3 is 5.32 Å². The van der Waals surface area contributed by atoms with E-state index in [0.29, 0.717) is 34.9 Å². The van der Waals surface area contributed by atoms with Crippen LogP contribution in [0.1, 0.15) is 120 Å². The van der Waals surface area contributed by atoms with Gasteiger partial charge in [-0.15, -0.1) is 0 Å². The topological polar surface area (TPSA) is 49.4 Å². The monoisotopic (exact) mass is 538 g/mol. The van der Waals surface area contributed by atoms with Crippen LogP contribution in [0.3, 0.4) is 0 Å². The lowest BCUT2D eigenvalue weighted by Gasteiger charge is -2.72. The van der Waals surface area contributed by atoms with Crippen LogP contribution in [-0.4, -0.2) is 42.8 Å². The van der Waals surface area contributed by atoms with Gasteiger partial charge in [0.05, 0.1) is 6.04 Å². The number of ketones is 1. The second-order valence-corrected chi connectivity index (χ2v) is 16.8. The van der Waals surface area contributed by atoms with Crippen LogP contribution in [0.2, 0.25) is 0 Å². The summed E-state index contributed by atoms with van der Waals surface area (Å²) in [7, 11) is 3.98. The SMILES string of the molecule is CC(C)C1=C2[C@H]3CC[C@@H]4[C@@]5(C)CCC(NC(=O)C(C)N(C)C)C(C)(C)[C@@H]5CC[C@@]4(C)[C@]3(C)CC[C@@]2(C)CC1=O. The smallest absolute Gasteiger partial charge is 0.237 e. The van der Waals surface area contributed by atoms with E-state index in [9.17, 15) is 9.59 Å². The molecule has 9 atom stereocenters. The molecule has 4 saturated carbocycles. The molecule has 0 aromatic rings. The summed E-state index contributed by atoms with van der Waals surface area (Å²) in [5.41, 5.74) is 3.79. The summed E-state index contributed by atoms with van der Waals surface area (Å²) in [5.74, 6) is 2.81. The summed E-state index contributed by atoms with van der Waals surface area (Å²) in [6, 6.07) is 0.129. The van der Waals surface area contributed by atoms with Crippen LogP contribution in [-0.2, 0) is 9.59 Å². The number of hydrogen-bond acceptors (Lipinski definition) is 3. The van der Waals surface area contributed by atoms with Crippen LogP contribution in [0.25, 0.3) is 0 Å². The van der Waals surface area contributed by atoms with E-state index in [1.165, 1.54) is 50.5 Å². The van der Waals surface area contributed by atoms with Gasteiger partial charge in [-0.3, -0.25) is 14.5 Å². The lowest BCUT2D eigenvalue weighted by Crippen LogP contribution is -2.67. The summed E-state index contributed by atoms with van der Waals surface area (Å²) in [4.78, 5) is 28.4. The van der Waals surface area contributed by atoms with Gasteiger partial charge in [0.2, 0.25) is 5.91 Å². The third kappa shape index (κ3) is 3.92. The van der Waals surface area contributed by atoms with E-state index in [1.54, 1.807) is 5.57 Å². The Kier molecular flexibility index (Phi) is 6.90. The Hall–Kier alpha value is -1.16. The third-order valence-corrected chi connectivity index (χ3v) is 14.3. The summed E-state index contributed by atoms with van der Waals surface area (Å²) >= 11 is 0. The zero-order chi connectivity index (χ0) is 28.9. The minimum Gasteiger partial charge on any atom is -0.351 e. The van der Waals surface area contributed by atoms with Crippen molar-refractivity contribution in [1.82, 2.24) is 10.2 Å². The molecule has 0 heterocycles. The molecule has 4 heteroatoms. The minimum absolute atomic E-state index is 0.0735. The molecule has 4 fully saturated rings. The molecule has 5 aliphatic rings. The Morgan fingerprint density at radius 1 is 0.846 bits per heavy atom. The van der Waals surface area contributed by atoms with Gasteiger partial charge in [0.15, 0.2) is 5.78 Å². The van der Waals surface area contributed by atoms with E-state index in [4.69, 9.17) is 0 Å². The number of nitrogens with zero attached hydrogens (tertiary/aromatic N) is 1. The van der Waals surface area contributed by atoms with Gasteiger partial charge in [0.1, 0.15) is 0 Å². The van der Waals surface area contributed by atoms with Gasteiger partial charge in [-0.2, -0.15) is 0 Å². The van der Waals surface area contributed by atoms with Crippen molar-refractivity contribution >= 4 is 11.7 Å². The fourth-order valence-corrected chi connectivity index (χ4v) is 11.7. The zero-order valence-corrected chi connectivity index (χ0v) is 27.1. The first-order valence-corrected chi connectivity index (χ1v) is 16.2. The number of carbonyl (C=O) groups excluding carboxylic acids is 2. The maximum Gasteiger partial charge on any atom is 0.237 e. The number of hydrogen-bond donors (Lipinski definition) is 1. The van der Waals surface area contributed by atoms with Crippen LogP contribution < -0.4 is 5.32 Å². The molecule has 0 aromatic heterocycles. The van der Waals surface area contributed by atoms with E-state index >= 15 is 0 Å². The second kappa shape index (κ2) is 9.17. The van der Waals surface area contributed by atoms with Crippen LogP contribution in [0.15, 0.2) is 11.1 Å². The third-order valence-electron chi connectivity index (χ3n) is 14.3. The number of allylic oxidation sites excluding steroid dienone is 2. The highest BCUT2D eigenvalue weighted by Gasteiger charge is 2.69. The number of Topliss-reactive ketones (excluding diaryl/α,β-unsaturated/α-hetero) is 1.